The molecule has 4 saturated heterocycles. The predicted molar refractivity (Wildman–Crippen MR) is 499 cm³/mol. The van der Waals surface area contributed by atoms with Gasteiger partial charge in [-0.05, 0) is 166 Å². The summed E-state index contributed by atoms with van der Waals surface area (Å²) >= 11 is 29.9. The van der Waals surface area contributed by atoms with E-state index in [0.717, 1.165) is 46.4 Å². The Balaban J connectivity index is 0.000000173. The Kier molecular flexibility index (Phi) is 40.4. The molecule has 0 aliphatic carbocycles. The zero-order chi connectivity index (χ0) is 94.4. The monoisotopic (exact) mass is 1970 g/mol. The zero-order valence-electron chi connectivity index (χ0n) is 70.0. The number of likely N-dealkylation sites (tertiary alicyclic amines) is 3. The van der Waals surface area contributed by atoms with Crippen LogP contribution in [0.15, 0.2) is 246 Å². The number of rotatable bonds is 19. The first kappa shape index (κ1) is 104. The first-order chi connectivity index (χ1) is 62.7. The summed E-state index contributed by atoms with van der Waals surface area (Å²) in [5, 5.41) is 57.3. The zero-order valence-corrected chi connectivity index (χ0v) is 75.3. The topological polar surface area (TPSA) is 332 Å². The Morgan fingerprint density at radius 1 is 0.432 bits per heavy atom. The summed E-state index contributed by atoms with van der Waals surface area (Å²) in [6.45, 7) is 9.64. The molecule has 4 aliphatic heterocycles. The van der Waals surface area contributed by atoms with Gasteiger partial charge in [-0.25, -0.2) is 56.2 Å². The van der Waals surface area contributed by atoms with Crippen LogP contribution in [0, 0.1) is 72.4 Å². The van der Waals surface area contributed by atoms with Gasteiger partial charge in [0.1, 0.15) is 22.5 Å². The number of pyridine rings is 6. The Hall–Kier alpha value is -11.8. The highest BCUT2D eigenvalue weighted by Gasteiger charge is 2.35. The van der Waals surface area contributed by atoms with E-state index >= 15 is 0 Å². The number of fused-ring (bicyclic) bond motifs is 2. The summed E-state index contributed by atoms with van der Waals surface area (Å²) in [6, 6.07) is 62.5. The molecule has 0 amide bonds. The summed E-state index contributed by atoms with van der Waals surface area (Å²) in [4.78, 5) is 80.1. The van der Waals surface area contributed by atoms with Gasteiger partial charge in [-0.3, -0.25) is 38.7 Å². The number of furan rings is 2. The third-order valence-corrected chi connectivity index (χ3v) is 22.2. The minimum atomic E-state index is -1.56. The Bertz CT molecular complexity index is 6120. The van der Waals surface area contributed by atoms with Crippen LogP contribution in [0.3, 0.4) is 0 Å². The van der Waals surface area contributed by atoms with Gasteiger partial charge in [0, 0.05) is 131 Å². The highest BCUT2D eigenvalue weighted by molar-refractivity contribution is 9.08. The number of nitrogens with zero attached hydrogens (tertiary/aromatic N) is 9. The van der Waals surface area contributed by atoms with Crippen LogP contribution in [0.1, 0.15) is 73.4 Å². The highest BCUT2D eigenvalue weighted by atomic mass is 79.9. The molecule has 0 radical (unpaired) electrons. The van der Waals surface area contributed by atoms with E-state index in [9.17, 15) is 50.3 Å². The number of hydrogen-bond donors (Lipinski definition) is 7. The second-order valence-corrected chi connectivity index (χ2v) is 32.7. The van der Waals surface area contributed by atoms with Gasteiger partial charge in [-0.2, -0.15) is 0 Å². The van der Waals surface area contributed by atoms with E-state index in [1.807, 2.05) is 93.6 Å². The van der Waals surface area contributed by atoms with Crippen molar-refractivity contribution in [3.63, 3.8) is 0 Å². The Morgan fingerprint density at radius 3 is 1.19 bits per heavy atom. The van der Waals surface area contributed by atoms with Crippen molar-refractivity contribution in [2.45, 2.75) is 59.1 Å². The number of aryl methyl sites for hydroxylation is 2. The molecular formula is C96H89BBrCl5F6N10O13. The van der Waals surface area contributed by atoms with Crippen molar-refractivity contribution in [1.82, 2.24) is 49.9 Å². The van der Waals surface area contributed by atoms with Crippen LogP contribution >= 0.6 is 73.9 Å². The van der Waals surface area contributed by atoms with Crippen molar-refractivity contribution in [1.29, 1.82) is 0 Å². The van der Waals surface area contributed by atoms with Gasteiger partial charge < -0.3 is 44.6 Å². The number of carbonyl (C=O) groups excluding carboxylic acids is 1. The number of alkyl halides is 1. The van der Waals surface area contributed by atoms with Gasteiger partial charge in [0.25, 0.3) is 0 Å². The lowest BCUT2D eigenvalue weighted by atomic mass is 9.88. The quantitative estimate of drug-likeness (QED) is 0.0130. The highest BCUT2D eigenvalue weighted by Crippen LogP contribution is 2.32. The van der Waals surface area contributed by atoms with Gasteiger partial charge >= 0.3 is 31.0 Å². The van der Waals surface area contributed by atoms with Crippen molar-refractivity contribution in [2.75, 3.05) is 52.4 Å². The van der Waals surface area contributed by atoms with Crippen LogP contribution in [-0.2, 0) is 57.0 Å². The number of nitrogens with one attached hydrogen (secondary N) is 1. The second kappa shape index (κ2) is 51.3. The predicted octanol–water partition coefficient (Wildman–Crippen LogP) is 19.5. The molecule has 4 fully saturated rings. The third-order valence-electron chi connectivity index (χ3n) is 20.2. The van der Waals surface area contributed by atoms with Crippen LogP contribution < -0.4 is 11.0 Å². The molecule has 23 nitrogen and oxygen atoms in total. The fourth-order valence-corrected chi connectivity index (χ4v) is 13.9. The molecule has 6 aromatic carbocycles. The van der Waals surface area contributed by atoms with E-state index in [-0.39, 0.29) is 73.8 Å². The number of carbonyl (C=O) groups is 5. The van der Waals surface area contributed by atoms with Crippen LogP contribution in [0.25, 0.3) is 44.5 Å². The molecule has 0 spiro atoms. The lowest BCUT2D eigenvalue weighted by molar-refractivity contribution is -0.148. The van der Waals surface area contributed by atoms with Crippen molar-refractivity contribution < 1.29 is 89.6 Å². The molecule has 0 atom stereocenters. The van der Waals surface area contributed by atoms with E-state index in [1.54, 1.807) is 19.2 Å². The van der Waals surface area contributed by atoms with Gasteiger partial charge in [-0.1, -0.05) is 209 Å². The smallest absolute Gasteiger partial charge is 0.481 e. The van der Waals surface area contributed by atoms with Crippen molar-refractivity contribution in [3.8, 4) is 22.6 Å². The molecule has 4 aliphatic rings. The van der Waals surface area contributed by atoms with E-state index in [2.05, 4.69) is 137 Å². The summed E-state index contributed by atoms with van der Waals surface area (Å²) in [6.07, 6.45) is 11.0. The normalized spacial score (nSPS) is 13.4. The van der Waals surface area contributed by atoms with E-state index < -0.39 is 65.9 Å². The average Bonchev–Trinajstić information content (AvgIpc) is 1.73. The van der Waals surface area contributed by atoms with E-state index in [0.29, 0.717) is 117 Å². The van der Waals surface area contributed by atoms with Gasteiger partial charge in [0.2, 0.25) is 0 Å². The fourth-order valence-electron chi connectivity index (χ4n) is 13.0. The van der Waals surface area contributed by atoms with E-state index in [1.165, 1.54) is 94.7 Å². The molecule has 132 heavy (non-hydrogen) atoms. The average molecular weight is 1970 g/mol. The molecule has 0 bridgehead atoms. The minimum Gasteiger partial charge on any atom is -0.481 e. The van der Waals surface area contributed by atoms with Crippen molar-refractivity contribution in [3.05, 3.63) is 359 Å². The number of aldehydes is 1. The molecule has 688 valence electrons. The lowest BCUT2D eigenvalue weighted by Gasteiger charge is -2.36. The fraction of sp³-hybridized carbons (Fsp3) is 0.219. The van der Waals surface area contributed by atoms with Crippen LogP contribution in [0.2, 0.25) is 25.8 Å². The summed E-state index contributed by atoms with van der Waals surface area (Å²) < 4.78 is 89.4. The SMILES string of the molecule is C.Cc1ccccc1-c1ccccc1.Cc1cnc(Cl)c(F)c1.Fc1cc(CBr)cnc1Cl.O=C(O)C1CN(Cc2cnc(-c3cc4cc(Cc5ccccc5)ccc4o3)c(F)c2)C1.O=C(O)C1CN(Cc2cnc(Cl)c(F)c2)C1.O=C(O)C1CN(Cc2cnc(Cl)c(F)c2)C1.O=C(O)C1CNC1.O=Cc1cnc(Cl)c(F)c1.OB(O)c1cc2cc(Cc3ccccc3)ccc2o1. The molecule has 12 heterocycles. The Labute approximate surface area is 790 Å². The summed E-state index contributed by atoms with van der Waals surface area (Å²) in [5.41, 5.74) is 14.3. The first-order valence-corrected chi connectivity index (χ1v) is 43.3. The lowest BCUT2D eigenvalue weighted by Crippen LogP contribution is -2.49. The summed E-state index contributed by atoms with van der Waals surface area (Å²) in [7, 11) is -1.56. The van der Waals surface area contributed by atoms with Crippen LogP contribution in [0.5, 0.6) is 0 Å². The maximum absolute atomic E-state index is 14.8. The second-order valence-electron chi connectivity index (χ2n) is 30.4. The number of halogens is 12. The van der Waals surface area contributed by atoms with Gasteiger partial charge in [0.15, 0.2) is 72.7 Å². The maximum Gasteiger partial charge on any atom is 0.526 e. The number of aromatic nitrogens is 6. The molecule has 14 aromatic rings. The van der Waals surface area contributed by atoms with Crippen molar-refractivity contribution in [2.24, 2.45) is 23.7 Å². The third kappa shape index (κ3) is 32.0. The summed E-state index contributed by atoms with van der Waals surface area (Å²) in [5.74, 6) is -6.83. The largest absolute Gasteiger partial charge is 0.526 e. The number of aliphatic carboxylic acids is 4. The first-order valence-electron chi connectivity index (χ1n) is 40.3. The Morgan fingerprint density at radius 2 is 0.811 bits per heavy atom. The molecule has 7 N–H and O–H groups in total. The number of carboxylic acid groups (broad SMARTS) is 4. The molecule has 18 rings (SSSR count). The number of benzene rings is 6. The molecular weight excluding hydrogens is 1880 g/mol. The number of hydrogen-bond acceptors (Lipinski definition) is 19. The minimum absolute atomic E-state index is 0. The van der Waals surface area contributed by atoms with Gasteiger partial charge in [-0.15, -0.1) is 0 Å². The molecule has 0 saturated carbocycles. The van der Waals surface area contributed by atoms with Crippen LogP contribution in [0.4, 0.5) is 26.3 Å². The molecule has 0 unspecified atom stereocenters. The van der Waals surface area contributed by atoms with Crippen molar-refractivity contribution >= 4 is 139 Å². The number of carboxylic acids is 4. The van der Waals surface area contributed by atoms with Gasteiger partial charge in [0.05, 0.1) is 23.7 Å². The standard InChI is InChI=1S/C25H21FN2O3.C15H13BO3.C13H12.2C10H10ClFN2O2.C6H4BrClFN.C6H3ClFNO.C6H5ClFN.C4H7NO2.CH4/c26-21-10-18(13-28-14-20(15-28)25(29)30)12-27-24(21)23-11-19-9-17(6-7-22(19)31-23)8-16-4-2-1-3-5-16;17-16(18)15-10-13-9-12(6-7-14(13)19-15)8-11-4-2-1-3-5-11;1-11-7-5-6-10-13(11)12-8-3-2-4-9-12;2*11-9-8(12)1-6(2-13-9)3-14-4-7(5-14)10(15)16;7-2-4-1-5(9)6(8)10-3-4;7-6-5(8)1-4(3-10)2-9-6;1-4-2-5(8)6(7)9-3-4;6-4(7)3-1-5-2-3;/h1-7,9-12,20H,8,13-15H2,(H,29,30);1-7,9-10,17-18H,8H2;2-10H,1H3;2*1-2,7H,3-5H2,(H,15,16);1,3H,2H2;1-3H;2-3H,1H3;3,5H,1-2H2,(H,6,7);1H4. The molecule has 8 aromatic heterocycles. The molecule has 36 heteroatoms. The van der Waals surface area contributed by atoms with Crippen LogP contribution in [-0.4, -0.2) is 165 Å². The maximum atomic E-state index is 14.8. The van der Waals surface area contributed by atoms with E-state index in [4.69, 9.17) is 97.3 Å².